The minimum Gasteiger partial charge on any atom is -0.329 e. The van der Waals surface area contributed by atoms with Crippen LogP contribution in [-0.2, 0) is 6.54 Å². The topological polar surface area (TPSA) is 29.3 Å². The molecule has 1 aromatic heterocycles. The van der Waals surface area contributed by atoms with E-state index in [4.69, 9.17) is 5.73 Å². The molecule has 0 saturated carbocycles. The Morgan fingerprint density at radius 1 is 1.37 bits per heavy atom. The number of thiophene rings is 1. The van der Waals surface area contributed by atoms with Gasteiger partial charge in [-0.25, -0.2) is 0 Å². The largest absolute Gasteiger partial charge is 0.329 e. The van der Waals surface area contributed by atoms with E-state index in [0.717, 1.165) is 11.0 Å². The van der Waals surface area contributed by atoms with Gasteiger partial charge >= 0.3 is 0 Å². The standard InChI is InChI=1S/C15H19BrN2S/c1-11-8-12(5-6-14(11)16)15(9-17)18(2)10-13-4-3-7-19-13/h3-8,15H,9-10,17H2,1-2H3. The molecule has 0 saturated heterocycles. The van der Waals surface area contributed by atoms with Gasteiger partial charge in [0.1, 0.15) is 0 Å². The molecular weight excluding hydrogens is 320 g/mol. The molecule has 1 aromatic carbocycles. The van der Waals surface area contributed by atoms with Crippen LogP contribution in [0.5, 0.6) is 0 Å². The van der Waals surface area contributed by atoms with Crippen LogP contribution in [0, 0.1) is 6.92 Å². The zero-order chi connectivity index (χ0) is 13.8. The molecule has 0 fully saturated rings. The minimum absolute atomic E-state index is 0.258. The molecule has 2 rings (SSSR count). The van der Waals surface area contributed by atoms with E-state index in [0.29, 0.717) is 6.54 Å². The number of nitrogens with two attached hydrogens (primary N) is 1. The Balaban J connectivity index is 2.16. The first-order chi connectivity index (χ1) is 9.11. The highest BCUT2D eigenvalue weighted by atomic mass is 79.9. The summed E-state index contributed by atoms with van der Waals surface area (Å²) in [7, 11) is 2.13. The first-order valence-electron chi connectivity index (χ1n) is 6.30. The van der Waals surface area contributed by atoms with Gasteiger partial charge in [0.2, 0.25) is 0 Å². The summed E-state index contributed by atoms with van der Waals surface area (Å²) in [5.74, 6) is 0. The number of aryl methyl sites for hydroxylation is 1. The Bertz CT molecular complexity index is 525. The Kier molecular flexibility index (Phi) is 5.16. The molecule has 0 aliphatic heterocycles. The summed E-state index contributed by atoms with van der Waals surface area (Å²) in [6.45, 7) is 3.68. The lowest BCUT2D eigenvalue weighted by Gasteiger charge is -2.27. The molecule has 1 atom stereocenters. The van der Waals surface area contributed by atoms with Gasteiger partial charge in [-0.1, -0.05) is 34.1 Å². The summed E-state index contributed by atoms with van der Waals surface area (Å²) in [6.07, 6.45) is 0. The van der Waals surface area contributed by atoms with Crippen LogP contribution in [0.15, 0.2) is 40.2 Å². The molecule has 2 aromatic rings. The van der Waals surface area contributed by atoms with E-state index in [2.05, 4.69) is 70.5 Å². The third-order valence-corrected chi connectivity index (χ3v) is 5.06. The normalized spacial score (nSPS) is 12.9. The molecule has 0 bridgehead atoms. The van der Waals surface area contributed by atoms with E-state index in [-0.39, 0.29) is 6.04 Å². The van der Waals surface area contributed by atoms with E-state index in [1.54, 1.807) is 11.3 Å². The molecule has 1 unspecified atom stereocenters. The van der Waals surface area contributed by atoms with E-state index in [1.165, 1.54) is 16.0 Å². The molecule has 0 amide bonds. The van der Waals surface area contributed by atoms with Crippen LogP contribution in [0.25, 0.3) is 0 Å². The second-order valence-corrected chi connectivity index (χ2v) is 6.64. The van der Waals surface area contributed by atoms with Crippen molar-refractivity contribution >= 4 is 27.3 Å². The van der Waals surface area contributed by atoms with Crippen molar-refractivity contribution in [2.45, 2.75) is 19.5 Å². The Hall–Kier alpha value is -0.680. The number of nitrogens with zero attached hydrogens (tertiary/aromatic N) is 1. The van der Waals surface area contributed by atoms with Gasteiger partial charge in [-0.15, -0.1) is 11.3 Å². The molecule has 0 aliphatic rings. The lowest BCUT2D eigenvalue weighted by molar-refractivity contribution is 0.244. The number of likely N-dealkylation sites (N-methyl/N-ethyl adjacent to an activating group) is 1. The monoisotopic (exact) mass is 338 g/mol. The first-order valence-corrected chi connectivity index (χ1v) is 7.98. The SMILES string of the molecule is Cc1cc(C(CN)N(C)Cc2cccs2)ccc1Br. The molecule has 0 aliphatic carbocycles. The molecule has 2 nitrogen and oxygen atoms in total. The summed E-state index contributed by atoms with van der Waals surface area (Å²) in [4.78, 5) is 3.68. The Morgan fingerprint density at radius 2 is 2.16 bits per heavy atom. The molecule has 0 spiro atoms. The molecule has 1 heterocycles. The number of benzene rings is 1. The molecule has 19 heavy (non-hydrogen) atoms. The quantitative estimate of drug-likeness (QED) is 0.894. The van der Waals surface area contributed by atoms with Crippen molar-refractivity contribution in [3.05, 3.63) is 56.2 Å². The lowest BCUT2D eigenvalue weighted by Crippen LogP contribution is -2.30. The highest BCUT2D eigenvalue weighted by Gasteiger charge is 2.16. The predicted octanol–water partition coefficient (Wildman–Crippen LogP) is 3.95. The van der Waals surface area contributed by atoms with Crippen LogP contribution in [0.1, 0.15) is 22.0 Å². The summed E-state index contributed by atoms with van der Waals surface area (Å²) >= 11 is 5.33. The molecule has 0 radical (unpaired) electrons. The first kappa shape index (κ1) is 14.7. The summed E-state index contributed by atoms with van der Waals surface area (Å²) in [5.41, 5.74) is 8.50. The zero-order valence-corrected chi connectivity index (χ0v) is 13.7. The average molecular weight is 339 g/mol. The van der Waals surface area contributed by atoms with E-state index in [1.807, 2.05) is 0 Å². The van der Waals surface area contributed by atoms with Crippen molar-refractivity contribution in [3.8, 4) is 0 Å². The maximum Gasteiger partial charge on any atom is 0.0471 e. The lowest BCUT2D eigenvalue weighted by atomic mass is 10.0. The van der Waals surface area contributed by atoms with Crippen LogP contribution in [0.3, 0.4) is 0 Å². The minimum atomic E-state index is 0.258. The van der Waals surface area contributed by atoms with Crippen molar-refractivity contribution in [1.29, 1.82) is 0 Å². The van der Waals surface area contributed by atoms with Gasteiger partial charge in [0.05, 0.1) is 0 Å². The fraction of sp³-hybridized carbons (Fsp3) is 0.333. The Labute approximate surface area is 127 Å². The maximum atomic E-state index is 5.97. The van der Waals surface area contributed by atoms with Gasteiger partial charge < -0.3 is 5.73 Å². The summed E-state index contributed by atoms with van der Waals surface area (Å²) in [5, 5.41) is 2.12. The summed E-state index contributed by atoms with van der Waals surface area (Å²) in [6, 6.07) is 11.0. The van der Waals surface area contributed by atoms with Gasteiger partial charge in [0, 0.05) is 28.5 Å². The third-order valence-electron chi connectivity index (χ3n) is 3.31. The molecule has 4 heteroatoms. The summed E-state index contributed by atoms with van der Waals surface area (Å²) < 4.78 is 1.15. The van der Waals surface area contributed by atoms with Crippen molar-refractivity contribution in [3.63, 3.8) is 0 Å². The molecular formula is C15H19BrN2S. The van der Waals surface area contributed by atoms with Gasteiger partial charge in [0.25, 0.3) is 0 Å². The number of halogens is 1. The van der Waals surface area contributed by atoms with E-state index < -0.39 is 0 Å². The smallest absolute Gasteiger partial charge is 0.0471 e. The van der Waals surface area contributed by atoms with E-state index in [9.17, 15) is 0 Å². The van der Waals surface area contributed by atoms with Crippen molar-refractivity contribution in [2.75, 3.05) is 13.6 Å². The highest BCUT2D eigenvalue weighted by Crippen LogP contribution is 2.25. The number of rotatable bonds is 5. The third kappa shape index (κ3) is 3.66. The fourth-order valence-electron chi connectivity index (χ4n) is 2.20. The van der Waals surface area contributed by atoms with Crippen LogP contribution >= 0.6 is 27.3 Å². The van der Waals surface area contributed by atoms with Crippen LogP contribution in [0.2, 0.25) is 0 Å². The average Bonchev–Trinajstić information content (AvgIpc) is 2.87. The fourth-order valence-corrected chi connectivity index (χ4v) is 3.22. The predicted molar refractivity (Wildman–Crippen MR) is 86.5 cm³/mol. The van der Waals surface area contributed by atoms with Crippen LogP contribution < -0.4 is 5.73 Å². The second-order valence-electron chi connectivity index (χ2n) is 4.75. The van der Waals surface area contributed by atoms with Crippen molar-refractivity contribution < 1.29 is 0 Å². The Morgan fingerprint density at radius 3 is 2.74 bits per heavy atom. The number of hydrogen-bond donors (Lipinski definition) is 1. The maximum absolute atomic E-state index is 5.97. The van der Waals surface area contributed by atoms with Crippen molar-refractivity contribution in [1.82, 2.24) is 4.90 Å². The van der Waals surface area contributed by atoms with Gasteiger partial charge in [-0.05, 0) is 42.6 Å². The van der Waals surface area contributed by atoms with Gasteiger partial charge in [-0.3, -0.25) is 4.90 Å². The molecule has 2 N–H and O–H groups in total. The van der Waals surface area contributed by atoms with Crippen molar-refractivity contribution in [2.24, 2.45) is 5.73 Å². The van der Waals surface area contributed by atoms with Gasteiger partial charge in [-0.2, -0.15) is 0 Å². The molecule has 102 valence electrons. The second kappa shape index (κ2) is 6.66. The van der Waals surface area contributed by atoms with Crippen LogP contribution in [0.4, 0.5) is 0 Å². The van der Waals surface area contributed by atoms with E-state index >= 15 is 0 Å². The number of hydrogen-bond acceptors (Lipinski definition) is 3. The van der Waals surface area contributed by atoms with Crippen LogP contribution in [-0.4, -0.2) is 18.5 Å². The zero-order valence-electron chi connectivity index (χ0n) is 11.3. The van der Waals surface area contributed by atoms with Gasteiger partial charge in [0.15, 0.2) is 0 Å². The highest BCUT2D eigenvalue weighted by molar-refractivity contribution is 9.10.